The maximum absolute atomic E-state index is 11.8. The summed E-state index contributed by atoms with van der Waals surface area (Å²) in [7, 11) is 0. The Morgan fingerprint density at radius 3 is 2.27 bits per heavy atom. The maximum atomic E-state index is 11.8. The first kappa shape index (κ1) is 8.80. The first-order valence-corrected chi connectivity index (χ1v) is 3.43. The highest BCUT2D eigenvalue weighted by molar-refractivity contribution is 4.77. The molecule has 66 valence electrons. The van der Waals surface area contributed by atoms with Crippen LogP contribution in [0.5, 0.6) is 0 Å². The summed E-state index contributed by atoms with van der Waals surface area (Å²) in [4.78, 5) is 0. The average molecular weight is 169 g/mol. The fourth-order valence-corrected chi connectivity index (χ4v) is 0.724. The van der Waals surface area contributed by atoms with E-state index in [0.29, 0.717) is 13.1 Å². The van der Waals surface area contributed by atoms with E-state index in [-0.39, 0.29) is 6.10 Å². The highest BCUT2D eigenvalue weighted by atomic mass is 19.4. The topological polar surface area (TPSA) is 21.3 Å². The number of halogens is 3. The predicted octanol–water partition coefficient (Wildman–Crippen LogP) is 0.926. The summed E-state index contributed by atoms with van der Waals surface area (Å²) in [5.74, 6) is 0. The van der Waals surface area contributed by atoms with Crippen molar-refractivity contribution in [1.29, 1.82) is 0 Å². The van der Waals surface area contributed by atoms with Crippen LogP contribution in [0.15, 0.2) is 0 Å². The van der Waals surface area contributed by atoms with Crippen molar-refractivity contribution in [2.24, 2.45) is 0 Å². The van der Waals surface area contributed by atoms with Crippen molar-refractivity contribution in [3.05, 3.63) is 0 Å². The molecule has 0 saturated carbocycles. The van der Waals surface area contributed by atoms with Crippen molar-refractivity contribution in [3.8, 4) is 0 Å². The van der Waals surface area contributed by atoms with Crippen LogP contribution in [0.2, 0.25) is 0 Å². The van der Waals surface area contributed by atoms with Crippen LogP contribution < -0.4 is 5.32 Å². The number of rotatable bonds is 2. The van der Waals surface area contributed by atoms with Gasteiger partial charge in [0.2, 0.25) is 0 Å². The summed E-state index contributed by atoms with van der Waals surface area (Å²) < 4.78 is 40.1. The molecule has 0 radical (unpaired) electrons. The minimum absolute atomic E-state index is 0.258. The molecule has 0 aromatic heterocycles. The SMILES string of the molecule is C[C@@H](OC1CNC1)C(F)(F)F. The number of hydrogen-bond acceptors (Lipinski definition) is 2. The van der Waals surface area contributed by atoms with E-state index in [1.165, 1.54) is 0 Å². The molecule has 0 spiro atoms. The molecule has 0 aromatic rings. The van der Waals surface area contributed by atoms with Gasteiger partial charge in [0.25, 0.3) is 0 Å². The highest BCUT2D eigenvalue weighted by Gasteiger charge is 2.39. The van der Waals surface area contributed by atoms with Crippen molar-refractivity contribution < 1.29 is 17.9 Å². The second-order valence-corrected chi connectivity index (χ2v) is 2.60. The van der Waals surface area contributed by atoms with Gasteiger partial charge < -0.3 is 10.1 Å². The van der Waals surface area contributed by atoms with E-state index in [9.17, 15) is 13.2 Å². The lowest BCUT2D eigenvalue weighted by Gasteiger charge is -2.30. The molecule has 5 heteroatoms. The van der Waals surface area contributed by atoms with Crippen LogP contribution in [0.4, 0.5) is 13.2 Å². The number of ether oxygens (including phenoxy) is 1. The van der Waals surface area contributed by atoms with Crippen LogP contribution in [0.3, 0.4) is 0 Å². The molecular formula is C6H10F3NO. The zero-order chi connectivity index (χ0) is 8.48. The molecular weight excluding hydrogens is 159 g/mol. The minimum Gasteiger partial charge on any atom is -0.363 e. The Morgan fingerprint density at radius 2 is 2.00 bits per heavy atom. The Balaban J connectivity index is 2.24. The lowest BCUT2D eigenvalue weighted by molar-refractivity contribution is -0.230. The van der Waals surface area contributed by atoms with Crippen LogP contribution in [-0.4, -0.2) is 31.5 Å². The molecule has 1 N–H and O–H groups in total. The summed E-state index contributed by atoms with van der Waals surface area (Å²) in [5, 5.41) is 2.83. The number of nitrogens with one attached hydrogen (secondary N) is 1. The lowest BCUT2D eigenvalue weighted by Crippen LogP contribution is -2.51. The van der Waals surface area contributed by atoms with Gasteiger partial charge in [0.1, 0.15) is 0 Å². The molecule has 1 aliphatic heterocycles. The summed E-state index contributed by atoms with van der Waals surface area (Å²) in [6.45, 7) is 2.08. The molecule has 0 bridgehead atoms. The molecule has 2 nitrogen and oxygen atoms in total. The van der Waals surface area contributed by atoms with Gasteiger partial charge in [0.15, 0.2) is 6.10 Å². The normalized spacial score (nSPS) is 22.9. The third kappa shape index (κ3) is 2.34. The zero-order valence-corrected chi connectivity index (χ0v) is 6.11. The van der Waals surface area contributed by atoms with E-state index in [2.05, 4.69) is 10.1 Å². The Hall–Kier alpha value is -0.290. The molecule has 1 aliphatic rings. The second kappa shape index (κ2) is 2.98. The number of alkyl halides is 3. The zero-order valence-electron chi connectivity index (χ0n) is 6.11. The first-order valence-electron chi connectivity index (χ1n) is 3.43. The van der Waals surface area contributed by atoms with Gasteiger partial charge in [-0.3, -0.25) is 0 Å². The van der Waals surface area contributed by atoms with Crippen LogP contribution in [0.1, 0.15) is 6.92 Å². The molecule has 0 amide bonds. The summed E-state index contributed by atoms with van der Waals surface area (Å²) in [6, 6.07) is 0. The van der Waals surface area contributed by atoms with Crippen LogP contribution in [0, 0.1) is 0 Å². The smallest absolute Gasteiger partial charge is 0.363 e. The summed E-state index contributed by atoms with van der Waals surface area (Å²) >= 11 is 0. The monoisotopic (exact) mass is 169 g/mol. The standard InChI is InChI=1S/C6H10F3NO/c1-4(6(7,8)9)11-5-2-10-3-5/h4-5,10H,2-3H2,1H3/t4-/m1/s1. The minimum atomic E-state index is -4.23. The second-order valence-electron chi connectivity index (χ2n) is 2.60. The van der Waals surface area contributed by atoms with E-state index in [1.807, 2.05) is 0 Å². The van der Waals surface area contributed by atoms with Crippen molar-refractivity contribution in [2.75, 3.05) is 13.1 Å². The van der Waals surface area contributed by atoms with E-state index >= 15 is 0 Å². The van der Waals surface area contributed by atoms with Gasteiger partial charge in [-0.15, -0.1) is 0 Å². The van der Waals surface area contributed by atoms with Gasteiger partial charge in [-0.05, 0) is 6.92 Å². The van der Waals surface area contributed by atoms with Crippen molar-refractivity contribution in [3.63, 3.8) is 0 Å². The molecule has 0 aromatic carbocycles. The van der Waals surface area contributed by atoms with E-state index in [4.69, 9.17) is 0 Å². The summed E-state index contributed by atoms with van der Waals surface area (Å²) in [6.07, 6.45) is -6.13. The summed E-state index contributed by atoms with van der Waals surface area (Å²) in [5.41, 5.74) is 0. The van der Waals surface area contributed by atoms with Gasteiger partial charge in [0, 0.05) is 13.1 Å². The average Bonchev–Trinajstić information content (AvgIpc) is 1.75. The van der Waals surface area contributed by atoms with Gasteiger partial charge in [-0.2, -0.15) is 13.2 Å². The van der Waals surface area contributed by atoms with Gasteiger partial charge in [0.05, 0.1) is 6.10 Å². The Labute approximate surface area is 62.7 Å². The van der Waals surface area contributed by atoms with Gasteiger partial charge in [-0.1, -0.05) is 0 Å². The van der Waals surface area contributed by atoms with Crippen molar-refractivity contribution >= 4 is 0 Å². The maximum Gasteiger partial charge on any atom is 0.414 e. The van der Waals surface area contributed by atoms with Crippen molar-refractivity contribution in [1.82, 2.24) is 5.32 Å². The van der Waals surface area contributed by atoms with Gasteiger partial charge >= 0.3 is 6.18 Å². The molecule has 0 unspecified atom stereocenters. The first-order chi connectivity index (χ1) is 5.00. The molecule has 1 rings (SSSR count). The molecule has 0 aliphatic carbocycles. The quantitative estimate of drug-likeness (QED) is 0.663. The molecule has 11 heavy (non-hydrogen) atoms. The Kier molecular flexibility index (Phi) is 2.39. The lowest BCUT2D eigenvalue weighted by atomic mass is 10.2. The predicted molar refractivity (Wildman–Crippen MR) is 33.3 cm³/mol. The number of hydrogen-bond donors (Lipinski definition) is 1. The van der Waals surface area contributed by atoms with Gasteiger partial charge in [-0.25, -0.2) is 0 Å². The van der Waals surface area contributed by atoms with Crippen LogP contribution in [0.25, 0.3) is 0 Å². The Bertz CT molecular complexity index is 132. The van der Waals surface area contributed by atoms with Crippen LogP contribution >= 0.6 is 0 Å². The Morgan fingerprint density at radius 1 is 1.45 bits per heavy atom. The van der Waals surface area contributed by atoms with Crippen LogP contribution in [-0.2, 0) is 4.74 Å². The molecule has 1 heterocycles. The fraction of sp³-hybridized carbons (Fsp3) is 1.00. The van der Waals surface area contributed by atoms with E-state index in [0.717, 1.165) is 6.92 Å². The fourth-order valence-electron chi connectivity index (χ4n) is 0.724. The third-order valence-electron chi connectivity index (χ3n) is 1.60. The van der Waals surface area contributed by atoms with E-state index in [1.54, 1.807) is 0 Å². The third-order valence-corrected chi connectivity index (χ3v) is 1.60. The van der Waals surface area contributed by atoms with Crippen molar-refractivity contribution in [2.45, 2.75) is 25.3 Å². The molecule has 1 atom stereocenters. The largest absolute Gasteiger partial charge is 0.414 e. The highest BCUT2D eigenvalue weighted by Crippen LogP contribution is 2.23. The molecule has 1 saturated heterocycles. The molecule has 1 fully saturated rings. The van der Waals surface area contributed by atoms with E-state index < -0.39 is 12.3 Å².